The smallest absolute Gasteiger partial charge is 0.0464 e. The van der Waals surface area contributed by atoms with Gasteiger partial charge in [-0.05, 0) is 57.1 Å². The summed E-state index contributed by atoms with van der Waals surface area (Å²) in [7, 11) is 0. The van der Waals surface area contributed by atoms with E-state index in [1.54, 1.807) is 0 Å². The fourth-order valence-electron chi connectivity index (χ4n) is 5.35. The number of rotatable bonds is 4. The molecule has 0 bridgehead atoms. The van der Waals surface area contributed by atoms with E-state index >= 15 is 0 Å². The predicted octanol–water partition coefficient (Wildman–Crippen LogP) is 9.07. The van der Waals surface area contributed by atoms with Crippen molar-refractivity contribution >= 4 is 11.4 Å². The third-order valence-electron chi connectivity index (χ3n) is 7.09. The highest BCUT2D eigenvalue weighted by Gasteiger charge is 2.35. The molecule has 0 saturated carbocycles. The van der Waals surface area contributed by atoms with Gasteiger partial charge in [-0.25, -0.2) is 0 Å². The Morgan fingerprint density at radius 1 is 0.471 bits per heavy atom. The Morgan fingerprint density at radius 2 is 1.06 bits per heavy atom. The maximum Gasteiger partial charge on any atom is 0.0464 e. The standard InChI is InChI=1S/C33H27N/c1-33(2)30-18-10-8-16-27(30)28-21-20-24(22-31(28)33)34-32-19-11-9-17-29(32)26-15-7-6-14-25(26)23-12-4-3-5-13-23/h3-22,34H,1-2H3. The molecule has 5 aromatic rings. The highest BCUT2D eigenvalue weighted by molar-refractivity contribution is 5.91. The van der Waals surface area contributed by atoms with Crippen molar-refractivity contribution < 1.29 is 0 Å². The fourth-order valence-corrected chi connectivity index (χ4v) is 5.35. The summed E-state index contributed by atoms with van der Waals surface area (Å²) in [6, 6.07) is 43.4. The summed E-state index contributed by atoms with van der Waals surface area (Å²) in [6.07, 6.45) is 0. The lowest BCUT2D eigenvalue weighted by Crippen LogP contribution is -2.15. The number of fused-ring (bicyclic) bond motifs is 3. The average molecular weight is 438 g/mol. The zero-order valence-electron chi connectivity index (χ0n) is 19.5. The maximum atomic E-state index is 3.74. The molecular weight excluding hydrogens is 410 g/mol. The Bertz CT molecular complexity index is 1490. The zero-order valence-corrected chi connectivity index (χ0v) is 19.5. The number of nitrogens with one attached hydrogen (secondary N) is 1. The van der Waals surface area contributed by atoms with Crippen LogP contribution >= 0.6 is 0 Å². The predicted molar refractivity (Wildman–Crippen MR) is 145 cm³/mol. The quantitative estimate of drug-likeness (QED) is 0.296. The van der Waals surface area contributed by atoms with Crippen LogP contribution in [0.4, 0.5) is 11.4 Å². The number of anilines is 2. The monoisotopic (exact) mass is 437 g/mol. The van der Waals surface area contributed by atoms with Crippen molar-refractivity contribution in [2.45, 2.75) is 19.3 Å². The van der Waals surface area contributed by atoms with Gasteiger partial charge in [-0.1, -0.05) is 117 Å². The van der Waals surface area contributed by atoms with Crippen LogP contribution in [0.3, 0.4) is 0 Å². The Balaban J connectivity index is 1.42. The van der Waals surface area contributed by atoms with Crippen molar-refractivity contribution in [3.8, 4) is 33.4 Å². The molecular formula is C33H27N. The molecule has 164 valence electrons. The molecule has 0 atom stereocenters. The van der Waals surface area contributed by atoms with Gasteiger partial charge in [0.2, 0.25) is 0 Å². The maximum absolute atomic E-state index is 3.74. The molecule has 34 heavy (non-hydrogen) atoms. The van der Waals surface area contributed by atoms with Crippen molar-refractivity contribution in [1.29, 1.82) is 0 Å². The number of hydrogen-bond donors (Lipinski definition) is 1. The molecule has 1 heteroatoms. The van der Waals surface area contributed by atoms with Gasteiger partial charge in [0.05, 0.1) is 0 Å². The van der Waals surface area contributed by atoms with E-state index < -0.39 is 0 Å². The summed E-state index contributed by atoms with van der Waals surface area (Å²) in [4.78, 5) is 0. The summed E-state index contributed by atoms with van der Waals surface area (Å²) < 4.78 is 0. The third kappa shape index (κ3) is 3.33. The highest BCUT2D eigenvalue weighted by Crippen LogP contribution is 2.49. The number of benzene rings is 5. The van der Waals surface area contributed by atoms with Crippen LogP contribution in [-0.2, 0) is 5.41 Å². The fraction of sp³-hybridized carbons (Fsp3) is 0.0909. The molecule has 0 radical (unpaired) electrons. The molecule has 1 aliphatic rings. The van der Waals surface area contributed by atoms with Gasteiger partial charge >= 0.3 is 0 Å². The van der Waals surface area contributed by atoms with Crippen LogP contribution in [0.1, 0.15) is 25.0 Å². The first-order valence-electron chi connectivity index (χ1n) is 11.9. The first kappa shape index (κ1) is 20.5. The minimum atomic E-state index is -0.0109. The molecule has 1 aliphatic carbocycles. The van der Waals surface area contributed by atoms with Crippen LogP contribution in [0.15, 0.2) is 121 Å². The van der Waals surface area contributed by atoms with Crippen LogP contribution in [0, 0.1) is 0 Å². The lowest BCUT2D eigenvalue weighted by atomic mass is 9.82. The first-order valence-corrected chi connectivity index (χ1v) is 11.9. The largest absolute Gasteiger partial charge is 0.355 e. The van der Waals surface area contributed by atoms with Crippen LogP contribution in [0.5, 0.6) is 0 Å². The third-order valence-corrected chi connectivity index (χ3v) is 7.09. The Morgan fingerprint density at radius 3 is 1.85 bits per heavy atom. The second-order valence-corrected chi connectivity index (χ2v) is 9.51. The van der Waals surface area contributed by atoms with Crippen LogP contribution < -0.4 is 5.32 Å². The second kappa shape index (κ2) is 8.04. The number of para-hydroxylation sites is 1. The number of hydrogen-bond acceptors (Lipinski definition) is 1. The van der Waals surface area contributed by atoms with E-state index in [0.29, 0.717) is 0 Å². The minimum absolute atomic E-state index is 0.0109. The molecule has 0 fully saturated rings. The Kier molecular flexibility index (Phi) is 4.85. The molecule has 5 aromatic carbocycles. The molecule has 0 aromatic heterocycles. The molecule has 0 unspecified atom stereocenters. The van der Waals surface area contributed by atoms with Gasteiger partial charge in [-0.3, -0.25) is 0 Å². The Hall–Kier alpha value is -4.10. The van der Waals surface area contributed by atoms with Gasteiger partial charge in [0.15, 0.2) is 0 Å². The summed E-state index contributed by atoms with van der Waals surface area (Å²) >= 11 is 0. The summed E-state index contributed by atoms with van der Waals surface area (Å²) in [5.41, 5.74) is 12.6. The van der Waals surface area contributed by atoms with Gasteiger partial charge in [-0.2, -0.15) is 0 Å². The van der Waals surface area contributed by atoms with Gasteiger partial charge < -0.3 is 5.32 Å². The second-order valence-electron chi connectivity index (χ2n) is 9.51. The van der Waals surface area contributed by atoms with Gasteiger partial charge in [0, 0.05) is 22.4 Å². The highest BCUT2D eigenvalue weighted by atomic mass is 14.9. The summed E-state index contributed by atoms with van der Waals surface area (Å²) in [6.45, 7) is 4.65. The van der Waals surface area contributed by atoms with Crippen molar-refractivity contribution in [2.75, 3.05) is 5.32 Å². The van der Waals surface area contributed by atoms with E-state index in [1.807, 2.05) is 0 Å². The van der Waals surface area contributed by atoms with Gasteiger partial charge in [-0.15, -0.1) is 0 Å². The first-order chi connectivity index (χ1) is 16.6. The van der Waals surface area contributed by atoms with Crippen LogP contribution in [-0.4, -0.2) is 0 Å². The Labute approximate surface area is 201 Å². The van der Waals surface area contributed by atoms with Crippen LogP contribution in [0.2, 0.25) is 0 Å². The lowest BCUT2D eigenvalue weighted by molar-refractivity contribution is 0.660. The molecule has 0 aliphatic heterocycles. The van der Waals surface area contributed by atoms with E-state index in [-0.39, 0.29) is 5.41 Å². The van der Waals surface area contributed by atoms with E-state index in [4.69, 9.17) is 0 Å². The zero-order chi connectivity index (χ0) is 23.1. The van der Waals surface area contributed by atoms with E-state index in [0.717, 1.165) is 11.4 Å². The topological polar surface area (TPSA) is 12.0 Å². The molecule has 0 heterocycles. The van der Waals surface area contributed by atoms with Crippen LogP contribution in [0.25, 0.3) is 33.4 Å². The molecule has 1 nitrogen and oxygen atoms in total. The average Bonchev–Trinajstić information content (AvgIpc) is 3.11. The minimum Gasteiger partial charge on any atom is -0.355 e. The SMILES string of the molecule is CC1(C)c2ccccc2-c2ccc(Nc3ccccc3-c3ccccc3-c3ccccc3)cc21. The molecule has 1 N–H and O–H groups in total. The van der Waals surface area contributed by atoms with Crippen molar-refractivity contribution in [3.05, 3.63) is 132 Å². The molecule has 6 rings (SSSR count). The van der Waals surface area contributed by atoms with Gasteiger partial charge in [0.25, 0.3) is 0 Å². The summed E-state index contributed by atoms with van der Waals surface area (Å²) in [5.74, 6) is 0. The van der Waals surface area contributed by atoms with Gasteiger partial charge in [0.1, 0.15) is 0 Å². The lowest BCUT2D eigenvalue weighted by Gasteiger charge is -2.22. The molecule has 0 spiro atoms. The molecule has 0 saturated heterocycles. The molecule has 0 amide bonds. The van der Waals surface area contributed by atoms with Crippen molar-refractivity contribution in [1.82, 2.24) is 0 Å². The van der Waals surface area contributed by atoms with E-state index in [9.17, 15) is 0 Å². The van der Waals surface area contributed by atoms with E-state index in [1.165, 1.54) is 44.5 Å². The van der Waals surface area contributed by atoms with E-state index in [2.05, 4.69) is 140 Å². The summed E-state index contributed by atoms with van der Waals surface area (Å²) in [5, 5.41) is 3.74. The van der Waals surface area contributed by atoms with Crippen molar-refractivity contribution in [2.24, 2.45) is 0 Å². The normalized spacial score (nSPS) is 13.2. The van der Waals surface area contributed by atoms with Crippen molar-refractivity contribution in [3.63, 3.8) is 0 Å².